The van der Waals surface area contributed by atoms with Gasteiger partial charge in [-0.1, -0.05) is 0 Å². The minimum atomic E-state index is 0.219. The SMILES string of the molecule is CC(C)N1CCCC(CNC(=O)[C@H]2CCN[C@@H](C)C2)C1. The molecule has 2 heterocycles. The van der Waals surface area contributed by atoms with Crippen molar-refractivity contribution in [3.05, 3.63) is 0 Å². The van der Waals surface area contributed by atoms with Crippen molar-refractivity contribution in [3.8, 4) is 0 Å². The molecule has 0 aromatic heterocycles. The van der Waals surface area contributed by atoms with E-state index >= 15 is 0 Å². The molecule has 4 nitrogen and oxygen atoms in total. The maximum atomic E-state index is 12.2. The van der Waals surface area contributed by atoms with E-state index in [9.17, 15) is 4.79 Å². The lowest BCUT2D eigenvalue weighted by molar-refractivity contribution is -0.126. The Morgan fingerprint density at radius 3 is 2.90 bits per heavy atom. The van der Waals surface area contributed by atoms with Crippen molar-refractivity contribution in [1.82, 2.24) is 15.5 Å². The third-order valence-electron chi connectivity index (χ3n) is 4.84. The van der Waals surface area contributed by atoms with Crippen LogP contribution in [0.4, 0.5) is 0 Å². The first-order valence-electron chi connectivity index (χ1n) is 8.31. The Balaban J connectivity index is 1.72. The molecule has 2 saturated heterocycles. The molecule has 116 valence electrons. The molecule has 0 aromatic rings. The first-order valence-corrected chi connectivity index (χ1v) is 8.31. The normalized spacial score (nSPS) is 32.3. The van der Waals surface area contributed by atoms with Gasteiger partial charge in [0.25, 0.3) is 0 Å². The smallest absolute Gasteiger partial charge is 0.223 e. The van der Waals surface area contributed by atoms with Gasteiger partial charge in [-0.25, -0.2) is 0 Å². The summed E-state index contributed by atoms with van der Waals surface area (Å²) in [6.45, 7) is 10.9. The second-order valence-corrected chi connectivity index (χ2v) is 6.92. The Morgan fingerprint density at radius 2 is 2.20 bits per heavy atom. The molecule has 0 radical (unpaired) electrons. The summed E-state index contributed by atoms with van der Waals surface area (Å²) >= 11 is 0. The first kappa shape index (κ1) is 15.8. The quantitative estimate of drug-likeness (QED) is 0.823. The fourth-order valence-electron chi connectivity index (χ4n) is 3.49. The van der Waals surface area contributed by atoms with Crippen LogP contribution in [0.25, 0.3) is 0 Å². The number of likely N-dealkylation sites (tertiary alicyclic amines) is 1. The number of carbonyl (C=O) groups excluding carboxylic acids is 1. The lowest BCUT2D eigenvalue weighted by atomic mass is 9.92. The lowest BCUT2D eigenvalue weighted by Crippen LogP contribution is -2.46. The summed E-state index contributed by atoms with van der Waals surface area (Å²) in [5.74, 6) is 1.13. The minimum absolute atomic E-state index is 0.219. The highest BCUT2D eigenvalue weighted by molar-refractivity contribution is 5.78. The fraction of sp³-hybridized carbons (Fsp3) is 0.938. The number of rotatable bonds is 4. The minimum Gasteiger partial charge on any atom is -0.356 e. The summed E-state index contributed by atoms with van der Waals surface area (Å²) in [4.78, 5) is 14.8. The van der Waals surface area contributed by atoms with Crippen LogP contribution in [0.15, 0.2) is 0 Å². The van der Waals surface area contributed by atoms with Crippen molar-refractivity contribution < 1.29 is 4.79 Å². The van der Waals surface area contributed by atoms with Gasteiger partial charge in [0.05, 0.1) is 0 Å². The fourth-order valence-corrected chi connectivity index (χ4v) is 3.49. The van der Waals surface area contributed by atoms with Crippen LogP contribution in [0.2, 0.25) is 0 Å². The van der Waals surface area contributed by atoms with Crippen molar-refractivity contribution in [2.24, 2.45) is 11.8 Å². The number of nitrogens with one attached hydrogen (secondary N) is 2. The van der Waals surface area contributed by atoms with Crippen LogP contribution >= 0.6 is 0 Å². The van der Waals surface area contributed by atoms with E-state index in [-0.39, 0.29) is 11.8 Å². The van der Waals surface area contributed by atoms with E-state index in [0.29, 0.717) is 18.0 Å². The standard InChI is InChI=1S/C16H31N3O/c1-12(2)19-8-4-5-14(11-19)10-18-16(20)15-6-7-17-13(3)9-15/h12-15,17H,4-11H2,1-3H3,(H,18,20)/t13-,14?,15-/m0/s1. The van der Waals surface area contributed by atoms with E-state index in [1.807, 2.05) is 0 Å². The van der Waals surface area contributed by atoms with Gasteiger partial charge in [-0.3, -0.25) is 4.79 Å². The largest absolute Gasteiger partial charge is 0.356 e. The number of hydrogen-bond acceptors (Lipinski definition) is 3. The van der Waals surface area contributed by atoms with Crippen LogP contribution in [0.5, 0.6) is 0 Å². The second kappa shape index (κ2) is 7.41. The van der Waals surface area contributed by atoms with Crippen LogP contribution < -0.4 is 10.6 Å². The van der Waals surface area contributed by atoms with Crippen molar-refractivity contribution in [3.63, 3.8) is 0 Å². The van der Waals surface area contributed by atoms with Crippen LogP contribution in [0.3, 0.4) is 0 Å². The summed E-state index contributed by atoms with van der Waals surface area (Å²) in [5, 5.41) is 6.61. The van der Waals surface area contributed by atoms with Crippen LogP contribution in [0.1, 0.15) is 46.5 Å². The maximum Gasteiger partial charge on any atom is 0.223 e. The van der Waals surface area contributed by atoms with Gasteiger partial charge in [0.2, 0.25) is 5.91 Å². The molecule has 2 rings (SSSR count). The van der Waals surface area contributed by atoms with Gasteiger partial charge < -0.3 is 15.5 Å². The Kier molecular flexibility index (Phi) is 5.85. The highest BCUT2D eigenvalue weighted by atomic mass is 16.1. The van der Waals surface area contributed by atoms with E-state index < -0.39 is 0 Å². The monoisotopic (exact) mass is 281 g/mol. The molecule has 1 amide bonds. The van der Waals surface area contributed by atoms with E-state index in [1.165, 1.54) is 19.4 Å². The highest BCUT2D eigenvalue weighted by Crippen LogP contribution is 2.19. The molecule has 0 aliphatic carbocycles. The third-order valence-corrected chi connectivity index (χ3v) is 4.84. The number of amides is 1. The van der Waals surface area contributed by atoms with E-state index in [2.05, 4.69) is 36.3 Å². The Labute approximate surface area is 123 Å². The van der Waals surface area contributed by atoms with Gasteiger partial charge in [-0.15, -0.1) is 0 Å². The molecule has 0 bridgehead atoms. The zero-order chi connectivity index (χ0) is 14.5. The summed E-state index contributed by atoms with van der Waals surface area (Å²) in [5.41, 5.74) is 0. The van der Waals surface area contributed by atoms with Crippen LogP contribution in [0, 0.1) is 11.8 Å². The summed E-state index contributed by atoms with van der Waals surface area (Å²) in [7, 11) is 0. The Hall–Kier alpha value is -0.610. The molecule has 0 spiro atoms. The molecular weight excluding hydrogens is 250 g/mol. The molecule has 1 unspecified atom stereocenters. The molecule has 2 fully saturated rings. The van der Waals surface area contributed by atoms with Gasteiger partial charge in [0.15, 0.2) is 0 Å². The molecular formula is C16H31N3O. The van der Waals surface area contributed by atoms with E-state index in [4.69, 9.17) is 0 Å². The molecule has 0 aromatic carbocycles. The zero-order valence-corrected chi connectivity index (χ0v) is 13.3. The van der Waals surface area contributed by atoms with Gasteiger partial charge in [-0.05, 0) is 65.5 Å². The van der Waals surface area contributed by atoms with Gasteiger partial charge in [-0.2, -0.15) is 0 Å². The molecule has 0 saturated carbocycles. The molecule has 4 heteroatoms. The van der Waals surface area contributed by atoms with E-state index in [0.717, 1.165) is 32.5 Å². The lowest BCUT2D eigenvalue weighted by Gasteiger charge is -2.36. The number of hydrogen-bond donors (Lipinski definition) is 2. The summed E-state index contributed by atoms with van der Waals surface area (Å²) in [6.07, 6.45) is 4.49. The topological polar surface area (TPSA) is 44.4 Å². The predicted octanol–water partition coefficient (Wildman–Crippen LogP) is 1.61. The second-order valence-electron chi connectivity index (χ2n) is 6.92. The van der Waals surface area contributed by atoms with Crippen molar-refractivity contribution >= 4 is 5.91 Å². The Morgan fingerprint density at radius 1 is 1.40 bits per heavy atom. The average molecular weight is 281 g/mol. The van der Waals surface area contributed by atoms with Gasteiger partial charge in [0, 0.05) is 31.1 Å². The number of nitrogens with zero attached hydrogens (tertiary/aromatic N) is 1. The number of piperidine rings is 2. The maximum absolute atomic E-state index is 12.2. The molecule has 3 atom stereocenters. The third kappa shape index (κ3) is 4.45. The van der Waals surface area contributed by atoms with Crippen LogP contribution in [-0.4, -0.2) is 49.1 Å². The summed E-state index contributed by atoms with van der Waals surface area (Å²) in [6, 6.07) is 1.10. The molecule has 2 aliphatic heterocycles. The summed E-state index contributed by atoms with van der Waals surface area (Å²) < 4.78 is 0. The Bertz CT molecular complexity index is 319. The van der Waals surface area contributed by atoms with E-state index in [1.54, 1.807) is 0 Å². The zero-order valence-electron chi connectivity index (χ0n) is 13.3. The van der Waals surface area contributed by atoms with Crippen molar-refractivity contribution in [2.75, 3.05) is 26.2 Å². The van der Waals surface area contributed by atoms with Gasteiger partial charge >= 0.3 is 0 Å². The predicted molar refractivity (Wildman–Crippen MR) is 82.6 cm³/mol. The first-order chi connectivity index (χ1) is 9.56. The molecule has 20 heavy (non-hydrogen) atoms. The average Bonchev–Trinajstić information content (AvgIpc) is 2.45. The van der Waals surface area contributed by atoms with Crippen molar-refractivity contribution in [2.45, 2.75) is 58.5 Å². The van der Waals surface area contributed by atoms with Crippen LogP contribution in [-0.2, 0) is 4.79 Å². The van der Waals surface area contributed by atoms with Crippen molar-refractivity contribution in [1.29, 1.82) is 0 Å². The molecule has 2 N–H and O–H groups in total. The highest BCUT2D eigenvalue weighted by Gasteiger charge is 2.26. The molecule has 2 aliphatic rings. The number of carbonyl (C=O) groups is 1. The van der Waals surface area contributed by atoms with Gasteiger partial charge in [0.1, 0.15) is 0 Å².